The summed E-state index contributed by atoms with van der Waals surface area (Å²) < 4.78 is 9.88. The van der Waals surface area contributed by atoms with Crippen LogP contribution in [-0.4, -0.2) is 11.9 Å². The lowest BCUT2D eigenvalue weighted by Crippen LogP contribution is -2.06. The topological polar surface area (TPSA) is 52.6 Å². The molecule has 1 aromatic carbocycles. The lowest BCUT2D eigenvalue weighted by Gasteiger charge is -2.07. The molecule has 0 fully saturated rings. The van der Waals surface area contributed by atoms with E-state index >= 15 is 0 Å². The van der Waals surface area contributed by atoms with Crippen LogP contribution in [0.1, 0.15) is 5.56 Å². The van der Waals surface area contributed by atoms with Crippen molar-refractivity contribution >= 4 is 11.9 Å². The molecule has 0 saturated carbocycles. The highest BCUT2D eigenvalue weighted by molar-refractivity contribution is 5.84. The molecular formula is C13H12O4. The number of aryl methyl sites for hydroxylation is 1. The van der Waals surface area contributed by atoms with Gasteiger partial charge in [-0.05, 0) is 18.6 Å². The SMILES string of the molecule is C=CC(=O)Oc1ccc(C)c(OC(=O)C=C)c1. The fraction of sp³-hybridized carbons (Fsp3) is 0.0769. The third kappa shape index (κ3) is 3.61. The predicted octanol–water partition coefficient (Wildman–Crippen LogP) is 2.18. The predicted molar refractivity (Wildman–Crippen MR) is 62.8 cm³/mol. The zero-order chi connectivity index (χ0) is 12.8. The summed E-state index contributed by atoms with van der Waals surface area (Å²) in [6, 6.07) is 4.73. The minimum atomic E-state index is -0.574. The molecule has 0 heterocycles. The van der Waals surface area contributed by atoms with Crippen LogP contribution in [0.5, 0.6) is 11.5 Å². The van der Waals surface area contributed by atoms with Gasteiger partial charge in [-0.2, -0.15) is 0 Å². The number of rotatable bonds is 4. The Kier molecular flexibility index (Phi) is 4.22. The monoisotopic (exact) mass is 232 g/mol. The lowest BCUT2D eigenvalue weighted by atomic mass is 10.2. The molecule has 0 spiro atoms. The van der Waals surface area contributed by atoms with Gasteiger partial charge in [-0.25, -0.2) is 9.59 Å². The van der Waals surface area contributed by atoms with Gasteiger partial charge in [0.25, 0.3) is 0 Å². The molecule has 1 rings (SSSR count). The first-order chi connectivity index (χ1) is 8.06. The second kappa shape index (κ2) is 5.65. The summed E-state index contributed by atoms with van der Waals surface area (Å²) >= 11 is 0. The van der Waals surface area contributed by atoms with Gasteiger partial charge in [-0.1, -0.05) is 19.2 Å². The second-order valence-corrected chi connectivity index (χ2v) is 3.18. The number of carbonyl (C=O) groups excluding carboxylic acids is 2. The molecule has 4 nitrogen and oxygen atoms in total. The van der Waals surface area contributed by atoms with Gasteiger partial charge in [0.2, 0.25) is 0 Å². The third-order valence-corrected chi connectivity index (χ3v) is 1.92. The van der Waals surface area contributed by atoms with E-state index in [1.165, 1.54) is 6.07 Å². The highest BCUT2D eigenvalue weighted by Gasteiger charge is 2.07. The Morgan fingerprint density at radius 2 is 1.71 bits per heavy atom. The van der Waals surface area contributed by atoms with Crippen molar-refractivity contribution in [2.75, 3.05) is 0 Å². The van der Waals surface area contributed by atoms with Crippen molar-refractivity contribution in [2.24, 2.45) is 0 Å². The average molecular weight is 232 g/mol. The maximum absolute atomic E-state index is 11.1. The molecule has 4 heteroatoms. The number of hydrogen-bond acceptors (Lipinski definition) is 4. The van der Waals surface area contributed by atoms with Crippen molar-refractivity contribution in [3.63, 3.8) is 0 Å². The van der Waals surface area contributed by atoms with E-state index in [4.69, 9.17) is 9.47 Å². The zero-order valence-corrected chi connectivity index (χ0v) is 9.43. The van der Waals surface area contributed by atoms with E-state index in [1.54, 1.807) is 19.1 Å². The molecule has 88 valence electrons. The van der Waals surface area contributed by atoms with E-state index < -0.39 is 11.9 Å². The molecular weight excluding hydrogens is 220 g/mol. The van der Waals surface area contributed by atoms with Crippen molar-refractivity contribution in [2.45, 2.75) is 6.92 Å². The Hall–Kier alpha value is -2.36. The summed E-state index contributed by atoms with van der Waals surface area (Å²) in [5.74, 6) is -0.535. The standard InChI is InChI=1S/C13H12O4/c1-4-12(14)16-10-7-6-9(3)11(8-10)17-13(15)5-2/h4-8H,1-2H2,3H3. The van der Waals surface area contributed by atoms with Gasteiger partial charge in [0.15, 0.2) is 0 Å². The molecule has 0 aliphatic carbocycles. The van der Waals surface area contributed by atoms with Crippen molar-refractivity contribution in [1.29, 1.82) is 0 Å². The number of benzene rings is 1. The largest absolute Gasteiger partial charge is 0.423 e. The maximum Gasteiger partial charge on any atom is 0.335 e. The highest BCUT2D eigenvalue weighted by atomic mass is 16.5. The van der Waals surface area contributed by atoms with Crippen LogP contribution in [0, 0.1) is 6.92 Å². The Balaban J connectivity index is 2.93. The van der Waals surface area contributed by atoms with E-state index in [0.29, 0.717) is 5.75 Å². The number of carbonyl (C=O) groups is 2. The molecule has 0 aliphatic heterocycles. The van der Waals surface area contributed by atoms with E-state index in [9.17, 15) is 9.59 Å². The van der Waals surface area contributed by atoms with Crippen molar-refractivity contribution in [3.8, 4) is 11.5 Å². The molecule has 0 saturated heterocycles. The quantitative estimate of drug-likeness (QED) is 0.453. The van der Waals surface area contributed by atoms with Crippen LogP contribution in [0.3, 0.4) is 0 Å². The van der Waals surface area contributed by atoms with Crippen molar-refractivity contribution < 1.29 is 19.1 Å². The van der Waals surface area contributed by atoms with E-state index in [-0.39, 0.29) is 5.75 Å². The summed E-state index contributed by atoms with van der Waals surface area (Å²) in [6.45, 7) is 8.35. The summed E-state index contributed by atoms with van der Waals surface area (Å²) in [6.07, 6.45) is 2.11. The first-order valence-electron chi connectivity index (χ1n) is 4.86. The molecule has 0 amide bonds. The average Bonchev–Trinajstić information content (AvgIpc) is 2.33. The van der Waals surface area contributed by atoms with Gasteiger partial charge in [-0.3, -0.25) is 0 Å². The smallest absolute Gasteiger partial charge is 0.335 e. The maximum atomic E-state index is 11.1. The molecule has 0 aromatic heterocycles. The van der Waals surface area contributed by atoms with Gasteiger partial charge >= 0.3 is 11.9 Å². The Labute approximate surface area is 99.2 Å². The van der Waals surface area contributed by atoms with Crippen LogP contribution in [0.2, 0.25) is 0 Å². The van der Waals surface area contributed by atoms with Crippen molar-refractivity contribution in [3.05, 3.63) is 49.1 Å². The van der Waals surface area contributed by atoms with Gasteiger partial charge in [-0.15, -0.1) is 0 Å². The van der Waals surface area contributed by atoms with Crippen LogP contribution in [-0.2, 0) is 9.59 Å². The lowest BCUT2D eigenvalue weighted by molar-refractivity contribution is -0.129. The van der Waals surface area contributed by atoms with E-state index in [1.807, 2.05) is 0 Å². The molecule has 17 heavy (non-hydrogen) atoms. The van der Waals surface area contributed by atoms with Gasteiger partial charge in [0, 0.05) is 18.2 Å². The molecule has 0 bridgehead atoms. The number of esters is 2. The summed E-state index contributed by atoms with van der Waals surface area (Å²) in [5, 5.41) is 0. The van der Waals surface area contributed by atoms with Gasteiger partial charge < -0.3 is 9.47 Å². The second-order valence-electron chi connectivity index (χ2n) is 3.18. The molecule has 0 unspecified atom stereocenters. The summed E-state index contributed by atoms with van der Waals surface area (Å²) in [7, 11) is 0. The number of ether oxygens (including phenoxy) is 2. The third-order valence-electron chi connectivity index (χ3n) is 1.92. The van der Waals surface area contributed by atoms with Gasteiger partial charge in [0.05, 0.1) is 0 Å². The van der Waals surface area contributed by atoms with Crippen molar-refractivity contribution in [1.82, 2.24) is 0 Å². The minimum absolute atomic E-state index is 0.285. The molecule has 0 radical (unpaired) electrons. The minimum Gasteiger partial charge on any atom is -0.423 e. The van der Waals surface area contributed by atoms with Gasteiger partial charge in [0.1, 0.15) is 11.5 Å². The summed E-state index contributed by atoms with van der Waals surface area (Å²) in [5.41, 5.74) is 0.749. The fourth-order valence-electron chi connectivity index (χ4n) is 1.06. The fourth-order valence-corrected chi connectivity index (χ4v) is 1.06. The van der Waals surface area contributed by atoms with Crippen LogP contribution < -0.4 is 9.47 Å². The van der Waals surface area contributed by atoms with Crippen LogP contribution in [0.4, 0.5) is 0 Å². The van der Waals surface area contributed by atoms with Crippen LogP contribution >= 0.6 is 0 Å². The zero-order valence-electron chi connectivity index (χ0n) is 9.43. The van der Waals surface area contributed by atoms with E-state index in [2.05, 4.69) is 13.2 Å². The van der Waals surface area contributed by atoms with Crippen LogP contribution in [0.25, 0.3) is 0 Å². The van der Waals surface area contributed by atoms with E-state index in [0.717, 1.165) is 17.7 Å². The first kappa shape index (κ1) is 12.7. The highest BCUT2D eigenvalue weighted by Crippen LogP contribution is 2.24. The molecule has 0 aliphatic rings. The normalized spacial score (nSPS) is 9.24. The Morgan fingerprint density at radius 3 is 2.29 bits per heavy atom. The molecule has 0 N–H and O–H groups in total. The number of hydrogen-bond donors (Lipinski definition) is 0. The summed E-state index contributed by atoms with van der Waals surface area (Å²) in [4.78, 5) is 22.1. The Bertz CT molecular complexity index is 474. The molecule has 0 atom stereocenters. The molecule has 1 aromatic rings. The van der Waals surface area contributed by atoms with Crippen LogP contribution in [0.15, 0.2) is 43.5 Å². The first-order valence-corrected chi connectivity index (χ1v) is 4.86. The Morgan fingerprint density at radius 1 is 1.12 bits per heavy atom.